The number of halogens is 1. The number of benzene rings is 1. The van der Waals surface area contributed by atoms with Crippen LogP contribution >= 0.6 is 11.6 Å². The fraction of sp³-hybridized carbons (Fsp3) is 0.385. The lowest BCUT2D eigenvalue weighted by molar-refractivity contribution is 0.588. The van der Waals surface area contributed by atoms with Crippen LogP contribution in [0.15, 0.2) is 36.4 Å². The van der Waals surface area contributed by atoms with E-state index in [9.17, 15) is 0 Å². The van der Waals surface area contributed by atoms with Gasteiger partial charge in [0.1, 0.15) is 0 Å². The van der Waals surface area contributed by atoms with Gasteiger partial charge in [-0.2, -0.15) is 0 Å². The molecule has 0 spiro atoms. The summed E-state index contributed by atoms with van der Waals surface area (Å²) in [4.78, 5) is 0. The molecule has 0 radical (unpaired) electrons. The number of nitrogens with one attached hydrogen (secondary N) is 1. The molecular weight excluding hydrogens is 206 g/mol. The first-order valence-electron chi connectivity index (χ1n) is 5.27. The summed E-state index contributed by atoms with van der Waals surface area (Å²) in [7, 11) is 0. The second-order valence-electron chi connectivity index (χ2n) is 3.75. The van der Waals surface area contributed by atoms with E-state index >= 15 is 0 Å². The second kappa shape index (κ2) is 5.94. The van der Waals surface area contributed by atoms with E-state index in [0.717, 1.165) is 23.6 Å². The van der Waals surface area contributed by atoms with Crippen molar-refractivity contribution in [2.45, 2.75) is 26.3 Å². The first kappa shape index (κ1) is 12.3. The van der Waals surface area contributed by atoms with E-state index in [2.05, 4.69) is 24.9 Å². The summed E-state index contributed by atoms with van der Waals surface area (Å²) in [5.41, 5.74) is 2.32. The third kappa shape index (κ3) is 3.69. The maximum Gasteiger partial charge on any atom is 0.0438 e. The highest BCUT2D eigenvalue weighted by molar-refractivity contribution is 6.31. The average molecular weight is 224 g/mol. The molecule has 1 rings (SSSR count). The van der Waals surface area contributed by atoms with Gasteiger partial charge in [-0.1, -0.05) is 48.9 Å². The highest BCUT2D eigenvalue weighted by Crippen LogP contribution is 2.18. The van der Waals surface area contributed by atoms with Gasteiger partial charge in [0.25, 0.3) is 0 Å². The van der Waals surface area contributed by atoms with Crippen molar-refractivity contribution in [3.63, 3.8) is 0 Å². The Balaban J connectivity index is 2.74. The molecule has 15 heavy (non-hydrogen) atoms. The van der Waals surface area contributed by atoms with E-state index in [0.29, 0.717) is 6.04 Å². The first-order valence-corrected chi connectivity index (χ1v) is 5.65. The monoisotopic (exact) mass is 223 g/mol. The lowest BCUT2D eigenvalue weighted by atomic mass is 10.0. The zero-order valence-corrected chi connectivity index (χ0v) is 10.1. The molecule has 0 saturated carbocycles. The Morgan fingerprint density at radius 3 is 2.67 bits per heavy atom. The summed E-state index contributed by atoms with van der Waals surface area (Å²) in [6, 6.07) is 8.28. The van der Waals surface area contributed by atoms with Crippen molar-refractivity contribution in [2.75, 3.05) is 6.54 Å². The van der Waals surface area contributed by atoms with Crippen LogP contribution < -0.4 is 5.32 Å². The van der Waals surface area contributed by atoms with Crippen molar-refractivity contribution >= 4 is 11.6 Å². The van der Waals surface area contributed by atoms with E-state index in [1.54, 1.807) is 0 Å². The average Bonchev–Trinajstić information content (AvgIpc) is 2.20. The van der Waals surface area contributed by atoms with Gasteiger partial charge in [0.05, 0.1) is 0 Å². The van der Waals surface area contributed by atoms with Gasteiger partial charge < -0.3 is 5.32 Å². The maximum absolute atomic E-state index is 6.12. The Kier molecular flexibility index (Phi) is 4.86. The molecule has 1 atom stereocenters. The van der Waals surface area contributed by atoms with Gasteiger partial charge in [-0.15, -0.1) is 0 Å². The second-order valence-corrected chi connectivity index (χ2v) is 4.16. The third-order valence-electron chi connectivity index (χ3n) is 2.43. The van der Waals surface area contributed by atoms with Crippen LogP contribution in [0.25, 0.3) is 0 Å². The maximum atomic E-state index is 6.12. The Morgan fingerprint density at radius 1 is 1.47 bits per heavy atom. The fourth-order valence-corrected chi connectivity index (χ4v) is 1.76. The highest BCUT2D eigenvalue weighted by Gasteiger charge is 2.10. The Bertz CT molecular complexity index is 333. The lowest BCUT2D eigenvalue weighted by Crippen LogP contribution is -2.31. The molecule has 0 heterocycles. The SMILES string of the molecule is C=C(C)C(Cc1ccccc1Cl)NCC. The normalized spacial score (nSPS) is 12.5. The predicted molar refractivity (Wildman–Crippen MR) is 67.4 cm³/mol. The molecule has 0 amide bonds. The van der Waals surface area contributed by atoms with Gasteiger partial charge in [0, 0.05) is 11.1 Å². The van der Waals surface area contributed by atoms with Crippen LogP contribution in [0.3, 0.4) is 0 Å². The number of likely N-dealkylation sites (N-methyl/N-ethyl adjacent to an activating group) is 1. The van der Waals surface area contributed by atoms with Gasteiger partial charge in [-0.3, -0.25) is 0 Å². The minimum atomic E-state index is 0.315. The molecule has 1 aromatic carbocycles. The topological polar surface area (TPSA) is 12.0 Å². The molecule has 82 valence electrons. The molecule has 1 unspecified atom stereocenters. The van der Waals surface area contributed by atoms with E-state index in [4.69, 9.17) is 11.6 Å². The van der Waals surface area contributed by atoms with Crippen molar-refractivity contribution in [1.82, 2.24) is 5.32 Å². The van der Waals surface area contributed by atoms with Crippen LogP contribution in [0.5, 0.6) is 0 Å². The highest BCUT2D eigenvalue weighted by atomic mass is 35.5. The van der Waals surface area contributed by atoms with Crippen molar-refractivity contribution in [2.24, 2.45) is 0 Å². The van der Waals surface area contributed by atoms with E-state index in [-0.39, 0.29) is 0 Å². The van der Waals surface area contributed by atoms with Crippen LogP contribution in [0.4, 0.5) is 0 Å². The number of rotatable bonds is 5. The van der Waals surface area contributed by atoms with Gasteiger partial charge >= 0.3 is 0 Å². The van der Waals surface area contributed by atoms with Crippen LogP contribution in [-0.4, -0.2) is 12.6 Å². The van der Waals surface area contributed by atoms with Crippen molar-refractivity contribution in [3.8, 4) is 0 Å². The zero-order chi connectivity index (χ0) is 11.3. The summed E-state index contributed by atoms with van der Waals surface area (Å²) in [6.07, 6.45) is 0.906. The molecule has 0 bridgehead atoms. The molecule has 0 aromatic heterocycles. The van der Waals surface area contributed by atoms with Crippen LogP contribution in [-0.2, 0) is 6.42 Å². The molecule has 2 heteroatoms. The Labute approximate surface area is 97.1 Å². The standard InChI is InChI=1S/C13H18ClN/c1-4-15-13(10(2)3)9-11-7-5-6-8-12(11)14/h5-8,13,15H,2,4,9H2,1,3H3. The van der Waals surface area contributed by atoms with Gasteiger partial charge in [-0.05, 0) is 31.5 Å². The lowest BCUT2D eigenvalue weighted by Gasteiger charge is -2.18. The summed E-state index contributed by atoms with van der Waals surface area (Å²) in [5.74, 6) is 0. The van der Waals surface area contributed by atoms with Crippen molar-refractivity contribution in [1.29, 1.82) is 0 Å². The molecule has 0 fully saturated rings. The summed E-state index contributed by atoms with van der Waals surface area (Å²) in [5, 5.41) is 4.23. The summed E-state index contributed by atoms with van der Waals surface area (Å²) in [6.45, 7) is 9.09. The summed E-state index contributed by atoms with van der Waals surface area (Å²) < 4.78 is 0. The molecule has 0 aliphatic carbocycles. The fourth-order valence-electron chi connectivity index (χ4n) is 1.55. The van der Waals surface area contributed by atoms with Crippen LogP contribution in [0.2, 0.25) is 5.02 Å². The Hall–Kier alpha value is -0.790. The first-order chi connectivity index (χ1) is 7.15. The molecule has 0 aliphatic rings. The number of hydrogen-bond acceptors (Lipinski definition) is 1. The van der Waals surface area contributed by atoms with Crippen LogP contribution in [0, 0.1) is 0 Å². The molecule has 1 aromatic rings. The van der Waals surface area contributed by atoms with E-state index in [1.807, 2.05) is 25.1 Å². The van der Waals surface area contributed by atoms with Crippen molar-refractivity contribution in [3.05, 3.63) is 47.0 Å². The van der Waals surface area contributed by atoms with E-state index < -0.39 is 0 Å². The molecule has 1 N–H and O–H groups in total. The largest absolute Gasteiger partial charge is 0.310 e. The van der Waals surface area contributed by atoms with Gasteiger partial charge in [0.2, 0.25) is 0 Å². The number of hydrogen-bond donors (Lipinski definition) is 1. The van der Waals surface area contributed by atoms with Crippen LogP contribution in [0.1, 0.15) is 19.4 Å². The van der Waals surface area contributed by atoms with Crippen molar-refractivity contribution < 1.29 is 0 Å². The minimum Gasteiger partial charge on any atom is -0.310 e. The van der Waals surface area contributed by atoms with E-state index in [1.165, 1.54) is 5.56 Å². The summed E-state index contributed by atoms with van der Waals surface area (Å²) >= 11 is 6.12. The predicted octanol–water partition coefficient (Wildman–Crippen LogP) is 3.44. The minimum absolute atomic E-state index is 0.315. The smallest absolute Gasteiger partial charge is 0.0438 e. The quantitative estimate of drug-likeness (QED) is 0.755. The molecular formula is C13H18ClN. The zero-order valence-electron chi connectivity index (χ0n) is 9.39. The van der Waals surface area contributed by atoms with Gasteiger partial charge in [0.15, 0.2) is 0 Å². The Morgan fingerprint density at radius 2 is 2.13 bits per heavy atom. The van der Waals surface area contributed by atoms with Gasteiger partial charge in [-0.25, -0.2) is 0 Å². The molecule has 0 aliphatic heterocycles. The molecule has 0 saturated heterocycles. The molecule has 1 nitrogen and oxygen atoms in total. The third-order valence-corrected chi connectivity index (χ3v) is 2.80.